The summed E-state index contributed by atoms with van der Waals surface area (Å²) in [6.45, 7) is 5.06. The van der Waals surface area contributed by atoms with Crippen molar-refractivity contribution in [2.45, 2.75) is 39.0 Å². The third kappa shape index (κ3) is 2.44. The van der Waals surface area contributed by atoms with Crippen molar-refractivity contribution in [2.24, 2.45) is 23.3 Å². The quantitative estimate of drug-likeness (QED) is 0.644. The highest BCUT2D eigenvalue weighted by atomic mass is 16.5. The molecule has 3 atom stereocenters. The molecule has 4 N–H and O–H groups in total. The topological polar surface area (TPSA) is 61.3 Å². The van der Waals surface area contributed by atoms with Crippen molar-refractivity contribution < 1.29 is 4.74 Å². The van der Waals surface area contributed by atoms with Gasteiger partial charge >= 0.3 is 0 Å². The van der Waals surface area contributed by atoms with Crippen LogP contribution in [0, 0.1) is 11.8 Å². The molecular formula is C9H20N2O. The maximum atomic E-state index is 5.75. The summed E-state index contributed by atoms with van der Waals surface area (Å²) in [5.41, 5.74) is 11.3. The van der Waals surface area contributed by atoms with Crippen molar-refractivity contribution >= 4 is 0 Å². The molecule has 1 rings (SSSR count). The third-order valence-corrected chi connectivity index (χ3v) is 2.67. The number of ether oxygens (including phenoxy) is 1. The summed E-state index contributed by atoms with van der Waals surface area (Å²) >= 11 is 0. The summed E-state index contributed by atoms with van der Waals surface area (Å²) in [5.74, 6) is 1.37. The van der Waals surface area contributed by atoms with Crippen molar-refractivity contribution in [1.29, 1.82) is 0 Å². The second-order valence-electron chi connectivity index (χ2n) is 4.01. The van der Waals surface area contributed by atoms with Crippen LogP contribution in [0.25, 0.3) is 0 Å². The maximum Gasteiger partial charge on any atom is 0.106 e. The van der Waals surface area contributed by atoms with Crippen molar-refractivity contribution in [3.8, 4) is 0 Å². The van der Waals surface area contributed by atoms with E-state index in [0.717, 1.165) is 12.8 Å². The molecule has 3 heteroatoms. The average molecular weight is 172 g/mol. The zero-order chi connectivity index (χ0) is 9.14. The minimum Gasteiger partial charge on any atom is -0.359 e. The van der Waals surface area contributed by atoms with Crippen LogP contribution in [0.2, 0.25) is 0 Å². The Bertz CT molecular complexity index is 138. The van der Waals surface area contributed by atoms with E-state index in [4.69, 9.17) is 16.2 Å². The Balaban J connectivity index is 2.45. The number of nitrogens with two attached hydrogens (primary N) is 2. The van der Waals surface area contributed by atoms with E-state index in [0.29, 0.717) is 18.4 Å². The monoisotopic (exact) mass is 172 g/mol. The highest BCUT2D eigenvalue weighted by Crippen LogP contribution is 2.28. The first-order chi connectivity index (χ1) is 5.63. The summed E-state index contributed by atoms with van der Waals surface area (Å²) in [4.78, 5) is 0. The third-order valence-electron chi connectivity index (χ3n) is 2.67. The van der Waals surface area contributed by atoms with Crippen molar-refractivity contribution in [3.63, 3.8) is 0 Å². The van der Waals surface area contributed by atoms with Gasteiger partial charge in [0.1, 0.15) is 6.23 Å². The van der Waals surface area contributed by atoms with Crippen LogP contribution in [0.3, 0.4) is 0 Å². The van der Waals surface area contributed by atoms with Crippen molar-refractivity contribution in [3.05, 3.63) is 0 Å². The molecule has 1 saturated heterocycles. The van der Waals surface area contributed by atoms with Gasteiger partial charge in [0.15, 0.2) is 0 Å². The molecule has 3 nitrogen and oxygen atoms in total. The second-order valence-corrected chi connectivity index (χ2v) is 4.01. The smallest absolute Gasteiger partial charge is 0.106 e. The van der Waals surface area contributed by atoms with Gasteiger partial charge in [-0.15, -0.1) is 0 Å². The minimum absolute atomic E-state index is 0.0975. The van der Waals surface area contributed by atoms with Crippen LogP contribution in [0.4, 0.5) is 0 Å². The van der Waals surface area contributed by atoms with Gasteiger partial charge < -0.3 is 16.2 Å². The summed E-state index contributed by atoms with van der Waals surface area (Å²) in [6.07, 6.45) is 2.14. The maximum absolute atomic E-state index is 5.75. The van der Waals surface area contributed by atoms with Gasteiger partial charge in [0.25, 0.3) is 0 Å². The van der Waals surface area contributed by atoms with Crippen LogP contribution < -0.4 is 11.5 Å². The SMILES string of the molecule is CC(C)C1CC(N)OC(CN)C1. The standard InChI is InChI=1S/C9H20N2O/c1-6(2)7-3-8(5-10)12-9(11)4-7/h6-9H,3-5,10-11H2,1-2H3. The summed E-state index contributed by atoms with van der Waals surface area (Å²) in [6, 6.07) is 0. The molecule has 12 heavy (non-hydrogen) atoms. The van der Waals surface area contributed by atoms with Crippen LogP contribution >= 0.6 is 0 Å². The molecule has 0 aromatic rings. The first-order valence-electron chi connectivity index (χ1n) is 4.74. The largest absolute Gasteiger partial charge is 0.359 e. The lowest BCUT2D eigenvalue weighted by Crippen LogP contribution is -2.42. The predicted octanol–water partition coefficient (Wildman–Crippen LogP) is 0.681. The Hall–Kier alpha value is -0.120. The van der Waals surface area contributed by atoms with E-state index in [1.54, 1.807) is 0 Å². The Morgan fingerprint density at radius 3 is 2.58 bits per heavy atom. The van der Waals surface area contributed by atoms with Gasteiger partial charge in [-0.3, -0.25) is 0 Å². The Labute approximate surface area is 74.4 Å². The molecule has 0 aromatic carbocycles. The number of hydrogen-bond donors (Lipinski definition) is 2. The fourth-order valence-electron chi connectivity index (χ4n) is 1.79. The van der Waals surface area contributed by atoms with Gasteiger partial charge in [0.2, 0.25) is 0 Å². The lowest BCUT2D eigenvalue weighted by atomic mass is 9.85. The van der Waals surface area contributed by atoms with Gasteiger partial charge in [-0.25, -0.2) is 0 Å². The normalized spacial score (nSPS) is 37.2. The second kappa shape index (κ2) is 4.21. The van der Waals surface area contributed by atoms with Crippen molar-refractivity contribution in [1.82, 2.24) is 0 Å². The van der Waals surface area contributed by atoms with E-state index in [-0.39, 0.29) is 12.3 Å². The van der Waals surface area contributed by atoms with Crippen LogP contribution in [0.15, 0.2) is 0 Å². The molecule has 72 valence electrons. The Kier molecular flexibility index (Phi) is 3.50. The molecule has 0 aliphatic carbocycles. The lowest BCUT2D eigenvalue weighted by molar-refractivity contribution is -0.0706. The van der Waals surface area contributed by atoms with Gasteiger partial charge in [-0.1, -0.05) is 13.8 Å². The number of hydrogen-bond acceptors (Lipinski definition) is 3. The van der Waals surface area contributed by atoms with Crippen LogP contribution in [-0.2, 0) is 4.74 Å². The molecular weight excluding hydrogens is 152 g/mol. The number of rotatable bonds is 2. The Morgan fingerprint density at radius 1 is 1.42 bits per heavy atom. The van der Waals surface area contributed by atoms with Gasteiger partial charge in [-0.05, 0) is 24.7 Å². The van der Waals surface area contributed by atoms with E-state index in [2.05, 4.69) is 13.8 Å². The highest BCUT2D eigenvalue weighted by molar-refractivity contribution is 4.77. The fraction of sp³-hybridized carbons (Fsp3) is 1.00. The molecule has 0 saturated carbocycles. The molecule has 0 aromatic heterocycles. The van der Waals surface area contributed by atoms with Crippen LogP contribution in [0.5, 0.6) is 0 Å². The highest BCUT2D eigenvalue weighted by Gasteiger charge is 2.28. The summed E-state index contributed by atoms with van der Waals surface area (Å²) < 4.78 is 5.47. The molecule has 0 radical (unpaired) electrons. The molecule has 1 heterocycles. The zero-order valence-electron chi connectivity index (χ0n) is 7.99. The first kappa shape index (κ1) is 9.96. The van der Waals surface area contributed by atoms with E-state index in [9.17, 15) is 0 Å². The van der Waals surface area contributed by atoms with Gasteiger partial charge in [0, 0.05) is 6.54 Å². The van der Waals surface area contributed by atoms with Gasteiger partial charge in [-0.2, -0.15) is 0 Å². The fourth-order valence-corrected chi connectivity index (χ4v) is 1.79. The van der Waals surface area contributed by atoms with E-state index < -0.39 is 0 Å². The molecule has 3 unspecified atom stereocenters. The molecule has 1 aliphatic rings. The summed E-state index contributed by atoms with van der Waals surface area (Å²) in [7, 11) is 0. The molecule has 1 fully saturated rings. The van der Waals surface area contributed by atoms with E-state index >= 15 is 0 Å². The van der Waals surface area contributed by atoms with Gasteiger partial charge in [0.05, 0.1) is 6.10 Å². The zero-order valence-corrected chi connectivity index (χ0v) is 7.99. The molecule has 1 aliphatic heterocycles. The Morgan fingerprint density at radius 2 is 2.08 bits per heavy atom. The first-order valence-corrected chi connectivity index (χ1v) is 4.74. The van der Waals surface area contributed by atoms with E-state index in [1.165, 1.54) is 0 Å². The van der Waals surface area contributed by atoms with Crippen LogP contribution in [-0.4, -0.2) is 18.9 Å². The van der Waals surface area contributed by atoms with Crippen molar-refractivity contribution in [2.75, 3.05) is 6.54 Å². The summed E-state index contributed by atoms with van der Waals surface area (Å²) in [5, 5.41) is 0. The molecule has 0 spiro atoms. The lowest BCUT2D eigenvalue weighted by Gasteiger charge is -2.35. The predicted molar refractivity (Wildman–Crippen MR) is 49.5 cm³/mol. The molecule has 0 bridgehead atoms. The van der Waals surface area contributed by atoms with E-state index in [1.807, 2.05) is 0 Å². The molecule has 0 amide bonds. The average Bonchev–Trinajstić information content (AvgIpc) is 2.03. The van der Waals surface area contributed by atoms with Crippen LogP contribution in [0.1, 0.15) is 26.7 Å². The minimum atomic E-state index is -0.0975.